The summed E-state index contributed by atoms with van der Waals surface area (Å²) in [4.78, 5) is 17.8. The van der Waals surface area contributed by atoms with Crippen molar-refractivity contribution in [1.82, 2.24) is 10.3 Å². The summed E-state index contributed by atoms with van der Waals surface area (Å²) < 4.78 is 26.4. The van der Waals surface area contributed by atoms with E-state index in [0.717, 1.165) is 53.9 Å². The van der Waals surface area contributed by atoms with E-state index in [-0.39, 0.29) is 17.1 Å². The lowest BCUT2D eigenvalue weighted by molar-refractivity contribution is 0.0922. The Morgan fingerprint density at radius 2 is 1.78 bits per heavy atom. The van der Waals surface area contributed by atoms with Crippen LogP contribution in [0.2, 0.25) is 0 Å². The summed E-state index contributed by atoms with van der Waals surface area (Å²) in [5.41, 5.74) is 2.37. The first-order valence-electron chi connectivity index (χ1n) is 10.4. The van der Waals surface area contributed by atoms with Crippen LogP contribution in [0.25, 0.3) is 10.4 Å². The molecular formula is C23H22F2N4OS2. The number of amides is 1. The Morgan fingerprint density at radius 3 is 2.56 bits per heavy atom. The van der Waals surface area contributed by atoms with Gasteiger partial charge >= 0.3 is 0 Å². The van der Waals surface area contributed by atoms with Crippen LogP contribution in [0.4, 0.5) is 20.2 Å². The van der Waals surface area contributed by atoms with Crippen molar-refractivity contribution in [1.29, 1.82) is 0 Å². The zero-order chi connectivity index (χ0) is 22.5. The number of pyridine rings is 1. The van der Waals surface area contributed by atoms with Crippen LogP contribution in [0.5, 0.6) is 0 Å². The first-order chi connectivity index (χ1) is 15.5. The molecule has 3 aromatic rings. The molecule has 0 unspecified atom stereocenters. The fourth-order valence-electron chi connectivity index (χ4n) is 3.63. The molecule has 5 nitrogen and oxygen atoms in total. The van der Waals surface area contributed by atoms with E-state index in [1.54, 1.807) is 12.3 Å². The maximum Gasteiger partial charge on any atom is 0.270 e. The molecule has 2 heterocycles. The molecule has 3 N–H and O–H groups in total. The normalized spacial score (nSPS) is 14.1. The third-order valence-electron chi connectivity index (χ3n) is 5.25. The molecule has 1 saturated carbocycles. The van der Waals surface area contributed by atoms with E-state index in [2.05, 4.69) is 20.9 Å². The van der Waals surface area contributed by atoms with Crippen molar-refractivity contribution >= 4 is 45.9 Å². The summed E-state index contributed by atoms with van der Waals surface area (Å²) >= 11 is 6.75. The smallest absolute Gasteiger partial charge is 0.270 e. The average molecular weight is 473 g/mol. The van der Waals surface area contributed by atoms with Gasteiger partial charge in [-0.1, -0.05) is 19.3 Å². The number of hydrogen-bond donors (Lipinski definition) is 3. The predicted octanol–water partition coefficient (Wildman–Crippen LogP) is 5.96. The highest BCUT2D eigenvalue weighted by atomic mass is 32.1. The van der Waals surface area contributed by atoms with Crippen LogP contribution in [0.3, 0.4) is 0 Å². The lowest BCUT2D eigenvalue weighted by atomic mass is 9.95. The number of anilines is 2. The monoisotopic (exact) mass is 472 g/mol. The van der Waals surface area contributed by atoms with Gasteiger partial charge in [-0.25, -0.2) is 8.78 Å². The Labute approximate surface area is 194 Å². The van der Waals surface area contributed by atoms with Gasteiger partial charge in [-0.05, 0) is 61.0 Å². The number of hydrogen-bond acceptors (Lipinski definition) is 4. The number of benzene rings is 1. The Kier molecular flexibility index (Phi) is 7.06. The maximum atomic E-state index is 13.4. The summed E-state index contributed by atoms with van der Waals surface area (Å²) in [7, 11) is 0. The summed E-state index contributed by atoms with van der Waals surface area (Å²) in [5.74, 6) is -2.01. The van der Waals surface area contributed by atoms with Crippen molar-refractivity contribution in [2.45, 2.75) is 38.1 Å². The highest BCUT2D eigenvalue weighted by Gasteiger charge is 2.18. The highest BCUT2D eigenvalue weighted by Crippen LogP contribution is 2.30. The standard InChI is InChI=1S/C23H22F2N4OS2/c24-18-7-6-16(11-19(18)25)28-23(31)29-17-12-21(32-13-17)14-8-9-26-20(10-14)22(30)27-15-4-2-1-3-5-15/h6-13,15H,1-5H2,(H,27,30)(H2,28,29,31). The fraction of sp³-hybridized carbons (Fsp3) is 0.261. The average Bonchev–Trinajstić information content (AvgIpc) is 3.25. The van der Waals surface area contributed by atoms with E-state index in [9.17, 15) is 13.6 Å². The lowest BCUT2D eigenvalue weighted by Crippen LogP contribution is -2.36. The molecule has 0 saturated heterocycles. The number of carbonyl (C=O) groups is 1. The number of nitrogens with zero attached hydrogens (tertiary/aromatic N) is 1. The largest absolute Gasteiger partial charge is 0.348 e. The SMILES string of the molecule is O=C(NC1CCCCC1)c1cc(-c2cc(NC(=S)Nc3ccc(F)c(F)c3)cs2)ccn1. The highest BCUT2D eigenvalue weighted by molar-refractivity contribution is 7.80. The zero-order valence-electron chi connectivity index (χ0n) is 17.2. The van der Waals surface area contributed by atoms with Crippen LogP contribution in [0.15, 0.2) is 48.0 Å². The van der Waals surface area contributed by atoms with E-state index >= 15 is 0 Å². The first kappa shape index (κ1) is 22.3. The summed E-state index contributed by atoms with van der Waals surface area (Å²) in [5, 5.41) is 11.1. The van der Waals surface area contributed by atoms with Crippen molar-refractivity contribution in [3.05, 3.63) is 65.3 Å². The molecule has 0 radical (unpaired) electrons. The van der Waals surface area contributed by atoms with Crippen molar-refractivity contribution in [3.63, 3.8) is 0 Å². The molecule has 1 aromatic carbocycles. The quantitative estimate of drug-likeness (QED) is 0.400. The summed E-state index contributed by atoms with van der Waals surface area (Å²) in [6.07, 6.45) is 7.20. The molecule has 1 aliphatic carbocycles. The van der Waals surface area contributed by atoms with Gasteiger partial charge in [0, 0.05) is 34.2 Å². The third-order valence-corrected chi connectivity index (χ3v) is 6.44. The van der Waals surface area contributed by atoms with E-state index in [0.29, 0.717) is 11.4 Å². The molecule has 166 valence electrons. The number of halogens is 2. The maximum absolute atomic E-state index is 13.4. The molecule has 0 atom stereocenters. The third kappa shape index (κ3) is 5.66. The number of thiocarbonyl (C=S) groups is 1. The van der Waals surface area contributed by atoms with Crippen molar-refractivity contribution in [2.24, 2.45) is 0 Å². The molecular weight excluding hydrogens is 450 g/mol. The molecule has 32 heavy (non-hydrogen) atoms. The van der Waals surface area contributed by atoms with Gasteiger partial charge in [0.2, 0.25) is 0 Å². The Bertz CT molecular complexity index is 1130. The van der Waals surface area contributed by atoms with Gasteiger partial charge in [0.15, 0.2) is 16.7 Å². The van der Waals surface area contributed by atoms with Gasteiger partial charge in [-0.2, -0.15) is 0 Å². The molecule has 0 spiro atoms. The summed E-state index contributed by atoms with van der Waals surface area (Å²) in [6, 6.07) is 9.25. The van der Waals surface area contributed by atoms with E-state index in [1.165, 1.54) is 23.8 Å². The summed E-state index contributed by atoms with van der Waals surface area (Å²) in [6.45, 7) is 0. The fourth-order valence-corrected chi connectivity index (χ4v) is 4.71. The van der Waals surface area contributed by atoms with Gasteiger partial charge in [0.25, 0.3) is 5.91 Å². The van der Waals surface area contributed by atoms with Gasteiger partial charge in [0.05, 0.1) is 5.69 Å². The molecule has 9 heteroatoms. The topological polar surface area (TPSA) is 66.1 Å². The number of rotatable bonds is 5. The second-order valence-corrected chi connectivity index (χ2v) is 8.97. The van der Waals surface area contributed by atoms with Crippen molar-refractivity contribution in [2.75, 3.05) is 10.6 Å². The Balaban J connectivity index is 1.39. The van der Waals surface area contributed by atoms with Crippen LogP contribution in [-0.2, 0) is 0 Å². The van der Waals surface area contributed by atoms with E-state index in [1.807, 2.05) is 17.5 Å². The van der Waals surface area contributed by atoms with Crippen molar-refractivity contribution in [3.8, 4) is 10.4 Å². The minimum atomic E-state index is -0.948. The van der Waals surface area contributed by atoms with Gasteiger partial charge in [-0.15, -0.1) is 11.3 Å². The van der Waals surface area contributed by atoms with Crippen LogP contribution >= 0.6 is 23.6 Å². The van der Waals surface area contributed by atoms with Gasteiger partial charge in [-0.3, -0.25) is 9.78 Å². The number of thiophene rings is 1. The minimum Gasteiger partial charge on any atom is -0.348 e. The number of aromatic nitrogens is 1. The Morgan fingerprint density at radius 1 is 1.00 bits per heavy atom. The first-order valence-corrected chi connectivity index (χ1v) is 11.7. The second kappa shape index (κ2) is 10.1. The van der Waals surface area contributed by atoms with Gasteiger partial charge < -0.3 is 16.0 Å². The van der Waals surface area contributed by atoms with Crippen LogP contribution < -0.4 is 16.0 Å². The molecule has 1 amide bonds. The van der Waals surface area contributed by atoms with Crippen LogP contribution in [0.1, 0.15) is 42.6 Å². The van der Waals surface area contributed by atoms with Crippen molar-refractivity contribution < 1.29 is 13.6 Å². The van der Waals surface area contributed by atoms with E-state index < -0.39 is 11.6 Å². The molecule has 2 aromatic heterocycles. The molecule has 1 aliphatic rings. The lowest BCUT2D eigenvalue weighted by Gasteiger charge is -2.22. The predicted molar refractivity (Wildman–Crippen MR) is 128 cm³/mol. The second-order valence-electron chi connectivity index (χ2n) is 7.65. The number of carbonyl (C=O) groups excluding carboxylic acids is 1. The molecule has 0 aliphatic heterocycles. The minimum absolute atomic E-state index is 0.148. The van der Waals surface area contributed by atoms with Gasteiger partial charge in [0.1, 0.15) is 5.69 Å². The molecule has 1 fully saturated rings. The molecule has 0 bridgehead atoms. The van der Waals surface area contributed by atoms with E-state index in [4.69, 9.17) is 12.2 Å². The molecule has 4 rings (SSSR count). The van der Waals surface area contributed by atoms with Crippen LogP contribution in [0, 0.1) is 11.6 Å². The zero-order valence-corrected chi connectivity index (χ0v) is 18.8. The van der Waals surface area contributed by atoms with Crippen LogP contribution in [-0.4, -0.2) is 22.0 Å². The Hall–Kier alpha value is -2.91. The number of nitrogens with one attached hydrogen (secondary N) is 3.